The summed E-state index contributed by atoms with van der Waals surface area (Å²) >= 11 is 14.3. The van der Waals surface area contributed by atoms with E-state index in [-0.39, 0.29) is 9.90 Å². The number of anilines is 1. The van der Waals surface area contributed by atoms with Crippen molar-refractivity contribution < 1.29 is 26.3 Å². The van der Waals surface area contributed by atoms with E-state index in [0.29, 0.717) is 33.8 Å². The molecule has 4 rings (SSSR count). The van der Waals surface area contributed by atoms with Crippen LogP contribution in [0.3, 0.4) is 0 Å². The van der Waals surface area contributed by atoms with Gasteiger partial charge < -0.3 is 9.64 Å². The highest BCUT2D eigenvalue weighted by atomic mass is 35.5. The van der Waals surface area contributed by atoms with Gasteiger partial charge in [-0.05, 0) is 55.9 Å². The minimum Gasteiger partial charge on any atom is -0.488 e. The lowest BCUT2D eigenvalue weighted by Crippen LogP contribution is -2.23. The summed E-state index contributed by atoms with van der Waals surface area (Å²) in [6.07, 6.45) is -4.47. The van der Waals surface area contributed by atoms with E-state index in [1.54, 1.807) is 24.3 Å². The van der Waals surface area contributed by atoms with Crippen LogP contribution >= 0.6 is 46.3 Å². The van der Waals surface area contributed by atoms with Crippen LogP contribution < -0.4 is 9.46 Å². The fourth-order valence-corrected chi connectivity index (χ4v) is 7.87. The van der Waals surface area contributed by atoms with Crippen molar-refractivity contribution in [2.24, 2.45) is 0 Å². The van der Waals surface area contributed by atoms with Crippen LogP contribution in [-0.2, 0) is 16.2 Å². The highest BCUT2D eigenvalue weighted by Gasteiger charge is 2.36. The Morgan fingerprint density at radius 3 is 2.46 bits per heavy atom. The second-order valence-corrected chi connectivity index (χ2v) is 13.1. The average Bonchev–Trinajstić information content (AvgIpc) is 3.35. The van der Waals surface area contributed by atoms with Crippen molar-refractivity contribution in [2.75, 3.05) is 24.9 Å². The number of thiophene rings is 1. The molecular formula is C22H19Cl2F3N2O3S3. The van der Waals surface area contributed by atoms with Crippen LogP contribution in [0.5, 0.6) is 5.75 Å². The maximum absolute atomic E-state index is 13.5. The topological polar surface area (TPSA) is 58.6 Å². The molecule has 5 nitrogen and oxygen atoms in total. The smallest absolute Gasteiger partial charge is 0.419 e. The SMILES string of the molecule is CN1CCC(Oc2cc(NS(=O)(=O)c3ccc(Sc4cc(Cl)cc(Cl)c4)s3)ccc2C(F)(F)F)C1. The first-order valence-corrected chi connectivity index (χ1v) is 14.1. The number of hydrogen-bond acceptors (Lipinski definition) is 6. The average molecular weight is 584 g/mol. The lowest BCUT2D eigenvalue weighted by molar-refractivity contribution is -0.139. The Labute approximate surface area is 219 Å². The molecule has 1 atom stereocenters. The molecule has 1 fully saturated rings. The fraction of sp³-hybridized carbons (Fsp3) is 0.273. The molecule has 0 bridgehead atoms. The quantitative estimate of drug-likeness (QED) is 0.321. The summed E-state index contributed by atoms with van der Waals surface area (Å²) in [5, 5.41) is 0.909. The van der Waals surface area contributed by atoms with Gasteiger partial charge in [-0.25, -0.2) is 8.42 Å². The lowest BCUT2D eigenvalue weighted by atomic mass is 10.1. The molecule has 1 aliphatic rings. The van der Waals surface area contributed by atoms with Crippen molar-refractivity contribution in [3.05, 3.63) is 64.1 Å². The summed E-state index contributed by atoms with van der Waals surface area (Å²) in [5.41, 5.74) is -0.978. The van der Waals surface area contributed by atoms with Crippen LogP contribution in [0.15, 0.2) is 61.8 Å². The fourth-order valence-electron chi connectivity index (χ4n) is 3.50. The summed E-state index contributed by atoms with van der Waals surface area (Å²) in [6.45, 7) is 1.19. The Hall–Kier alpha value is -1.63. The van der Waals surface area contributed by atoms with Crippen molar-refractivity contribution in [1.82, 2.24) is 4.90 Å². The van der Waals surface area contributed by atoms with Crippen molar-refractivity contribution in [3.63, 3.8) is 0 Å². The Kier molecular flexibility index (Phi) is 7.85. The number of sulfonamides is 1. The number of nitrogens with one attached hydrogen (secondary N) is 1. The van der Waals surface area contributed by atoms with E-state index in [2.05, 4.69) is 4.72 Å². The van der Waals surface area contributed by atoms with E-state index in [1.165, 1.54) is 17.8 Å². The lowest BCUT2D eigenvalue weighted by Gasteiger charge is -2.19. The summed E-state index contributed by atoms with van der Waals surface area (Å²) in [6, 6.07) is 11.0. The van der Waals surface area contributed by atoms with Crippen molar-refractivity contribution in [3.8, 4) is 5.75 Å². The molecular weight excluding hydrogens is 564 g/mol. The second kappa shape index (κ2) is 10.4. The number of halogens is 5. The molecule has 0 spiro atoms. The number of hydrogen-bond donors (Lipinski definition) is 1. The maximum Gasteiger partial charge on any atom is 0.419 e. The Morgan fingerprint density at radius 1 is 1.11 bits per heavy atom. The van der Waals surface area contributed by atoms with E-state index in [9.17, 15) is 21.6 Å². The molecule has 1 aromatic heterocycles. The van der Waals surface area contributed by atoms with E-state index in [0.717, 1.165) is 34.4 Å². The van der Waals surface area contributed by atoms with Crippen molar-refractivity contribution in [2.45, 2.75) is 32.0 Å². The van der Waals surface area contributed by atoms with Gasteiger partial charge in [-0.15, -0.1) is 11.3 Å². The minimum absolute atomic E-state index is 0.00732. The summed E-state index contributed by atoms with van der Waals surface area (Å²) in [4.78, 5) is 2.69. The van der Waals surface area contributed by atoms with Crippen LogP contribution in [0.4, 0.5) is 18.9 Å². The molecule has 2 aromatic carbocycles. The van der Waals surface area contributed by atoms with Gasteiger partial charge in [0.15, 0.2) is 0 Å². The highest BCUT2D eigenvalue weighted by Crippen LogP contribution is 2.40. The first kappa shape index (κ1) is 26.4. The summed E-state index contributed by atoms with van der Waals surface area (Å²) < 4.78 is 75.1. The Bertz CT molecular complexity index is 1310. The van der Waals surface area contributed by atoms with E-state index >= 15 is 0 Å². The first-order chi connectivity index (χ1) is 16.4. The predicted octanol–water partition coefficient (Wildman–Crippen LogP) is 7.11. The van der Waals surface area contributed by atoms with E-state index < -0.39 is 33.6 Å². The number of alkyl halides is 3. The van der Waals surface area contributed by atoms with Crippen LogP contribution in [0, 0.1) is 0 Å². The summed E-state index contributed by atoms with van der Waals surface area (Å²) in [5.74, 6) is -0.404. The summed E-state index contributed by atoms with van der Waals surface area (Å²) in [7, 11) is -2.19. The number of likely N-dealkylation sites (tertiary alicyclic amines) is 1. The zero-order chi connectivity index (χ0) is 25.4. The normalized spacial score (nSPS) is 17.0. The highest BCUT2D eigenvalue weighted by molar-refractivity contribution is 8.02. The van der Waals surface area contributed by atoms with E-state index in [4.69, 9.17) is 27.9 Å². The van der Waals surface area contributed by atoms with Crippen LogP contribution in [-0.4, -0.2) is 39.6 Å². The number of rotatable bonds is 7. The van der Waals surface area contributed by atoms with Gasteiger partial charge in [-0.1, -0.05) is 35.0 Å². The zero-order valence-electron chi connectivity index (χ0n) is 18.1. The molecule has 35 heavy (non-hydrogen) atoms. The van der Waals surface area contributed by atoms with Gasteiger partial charge in [-0.3, -0.25) is 4.72 Å². The molecule has 188 valence electrons. The van der Waals surface area contributed by atoms with Gasteiger partial charge in [0.1, 0.15) is 16.1 Å². The number of benzene rings is 2. The second-order valence-electron chi connectivity index (χ2n) is 7.89. The van der Waals surface area contributed by atoms with Gasteiger partial charge in [0.2, 0.25) is 0 Å². The molecule has 1 aliphatic heterocycles. The molecule has 0 radical (unpaired) electrons. The van der Waals surface area contributed by atoms with Crippen LogP contribution in [0.1, 0.15) is 12.0 Å². The molecule has 1 N–H and O–H groups in total. The van der Waals surface area contributed by atoms with Crippen LogP contribution in [0.25, 0.3) is 0 Å². The van der Waals surface area contributed by atoms with Crippen LogP contribution in [0.2, 0.25) is 10.0 Å². The van der Waals surface area contributed by atoms with Crippen molar-refractivity contribution >= 4 is 62.0 Å². The molecule has 1 saturated heterocycles. The largest absolute Gasteiger partial charge is 0.488 e. The van der Waals surface area contributed by atoms with Gasteiger partial charge in [0.25, 0.3) is 10.0 Å². The molecule has 1 unspecified atom stereocenters. The predicted molar refractivity (Wildman–Crippen MR) is 134 cm³/mol. The van der Waals surface area contributed by atoms with E-state index in [1.807, 2.05) is 11.9 Å². The maximum atomic E-state index is 13.5. The third kappa shape index (κ3) is 6.78. The third-order valence-corrected chi connectivity index (χ3v) is 9.56. The Balaban J connectivity index is 1.54. The third-order valence-electron chi connectivity index (χ3n) is 5.06. The number of ether oxygens (including phenoxy) is 1. The zero-order valence-corrected chi connectivity index (χ0v) is 22.1. The van der Waals surface area contributed by atoms with Gasteiger partial charge >= 0.3 is 6.18 Å². The molecule has 0 saturated carbocycles. The molecule has 3 aromatic rings. The monoisotopic (exact) mass is 582 g/mol. The van der Waals surface area contributed by atoms with Gasteiger partial charge in [0.05, 0.1) is 15.5 Å². The standard InChI is InChI=1S/C22H19Cl2F3N2O3S3/c1-29-7-6-16(12-29)32-19-11-15(2-3-18(19)22(25,26)27)28-35(30,31)21-5-4-20(34-21)33-17-9-13(23)8-14(24)10-17/h2-5,8-11,16,28H,6-7,12H2,1H3. The first-order valence-electron chi connectivity index (χ1n) is 10.2. The Morgan fingerprint density at radius 2 is 1.83 bits per heavy atom. The molecule has 0 amide bonds. The molecule has 13 heteroatoms. The number of nitrogens with zero attached hydrogens (tertiary/aromatic N) is 1. The minimum atomic E-state index is -4.64. The van der Waals surface area contributed by atoms with Gasteiger partial charge in [0, 0.05) is 34.1 Å². The number of likely N-dealkylation sites (N-methyl/N-ethyl adjacent to an activating group) is 1. The van der Waals surface area contributed by atoms with Gasteiger partial charge in [-0.2, -0.15) is 13.2 Å². The molecule has 2 heterocycles. The molecule has 0 aliphatic carbocycles. The van der Waals surface area contributed by atoms with Crippen molar-refractivity contribution in [1.29, 1.82) is 0 Å².